The van der Waals surface area contributed by atoms with Crippen molar-refractivity contribution in [2.24, 2.45) is 5.92 Å². The van der Waals surface area contributed by atoms with Crippen molar-refractivity contribution in [2.75, 3.05) is 31.6 Å². The first-order chi connectivity index (χ1) is 18.1. The fraction of sp³-hybridized carbons (Fsp3) is 0.429. The monoisotopic (exact) mass is 525 g/mol. The number of ether oxygens (including phenoxy) is 1. The second-order valence-electron chi connectivity index (χ2n) is 9.96. The number of alkyl halides is 3. The largest absolute Gasteiger partial charge is 0.416 e. The molecule has 0 aliphatic carbocycles. The third-order valence-electron chi connectivity index (χ3n) is 7.46. The molecule has 1 aromatic carbocycles. The molecule has 38 heavy (non-hydrogen) atoms. The van der Waals surface area contributed by atoms with Gasteiger partial charge >= 0.3 is 6.18 Å². The first-order valence-corrected chi connectivity index (χ1v) is 12.8. The number of halogens is 3. The van der Waals surface area contributed by atoms with Crippen LogP contribution in [0.3, 0.4) is 0 Å². The van der Waals surface area contributed by atoms with Gasteiger partial charge in [0.1, 0.15) is 0 Å². The van der Waals surface area contributed by atoms with Gasteiger partial charge < -0.3 is 15.0 Å². The van der Waals surface area contributed by atoms with E-state index < -0.39 is 17.8 Å². The van der Waals surface area contributed by atoms with Gasteiger partial charge in [0.05, 0.1) is 35.3 Å². The molecule has 3 aromatic rings. The zero-order valence-corrected chi connectivity index (χ0v) is 21.6. The van der Waals surface area contributed by atoms with Crippen LogP contribution in [-0.4, -0.2) is 52.3 Å². The molecule has 1 amide bonds. The Labute approximate surface area is 219 Å². The van der Waals surface area contributed by atoms with Gasteiger partial charge in [-0.1, -0.05) is 18.2 Å². The van der Waals surface area contributed by atoms with Crippen LogP contribution in [0.15, 0.2) is 36.5 Å². The second-order valence-corrected chi connectivity index (χ2v) is 9.96. The van der Waals surface area contributed by atoms with Crippen molar-refractivity contribution in [1.82, 2.24) is 20.1 Å². The van der Waals surface area contributed by atoms with E-state index in [1.807, 2.05) is 17.9 Å². The van der Waals surface area contributed by atoms with Crippen LogP contribution in [0.1, 0.15) is 53.8 Å². The molecule has 10 heteroatoms. The Morgan fingerprint density at radius 1 is 1.24 bits per heavy atom. The number of rotatable bonds is 5. The number of pyridine rings is 1. The van der Waals surface area contributed by atoms with Crippen LogP contribution in [0.2, 0.25) is 0 Å². The number of aryl methyl sites for hydroxylation is 1. The number of amides is 1. The van der Waals surface area contributed by atoms with Gasteiger partial charge in [0.2, 0.25) is 5.91 Å². The maximum Gasteiger partial charge on any atom is 0.416 e. The normalized spacial score (nSPS) is 18.9. The summed E-state index contributed by atoms with van der Waals surface area (Å²) in [6.45, 7) is 7.41. The maximum absolute atomic E-state index is 13.5. The molecule has 0 radical (unpaired) electrons. The van der Waals surface area contributed by atoms with Gasteiger partial charge in [-0.25, -0.2) is 0 Å². The molecule has 1 N–H and O–H groups in total. The summed E-state index contributed by atoms with van der Waals surface area (Å²) in [5.41, 5.74) is 3.41. The molecule has 0 bridgehead atoms. The Kier molecular flexibility index (Phi) is 7.09. The molecule has 7 nitrogen and oxygen atoms in total. The number of carbonyl (C=O) groups excluding carboxylic acids is 1. The Hall–Kier alpha value is -3.53. The minimum Gasteiger partial charge on any atom is -0.381 e. The smallest absolute Gasteiger partial charge is 0.381 e. The molecule has 2 atom stereocenters. The van der Waals surface area contributed by atoms with E-state index in [1.54, 1.807) is 19.2 Å². The molecular formula is C28H30F3N5O2. The van der Waals surface area contributed by atoms with Gasteiger partial charge in [0.25, 0.3) is 0 Å². The van der Waals surface area contributed by atoms with E-state index in [2.05, 4.69) is 26.6 Å². The molecule has 4 heterocycles. The fourth-order valence-corrected chi connectivity index (χ4v) is 5.27. The lowest BCUT2D eigenvalue weighted by atomic mass is 9.96. The Morgan fingerprint density at radius 3 is 2.74 bits per heavy atom. The van der Waals surface area contributed by atoms with E-state index in [9.17, 15) is 18.0 Å². The minimum absolute atomic E-state index is 0.0510. The van der Waals surface area contributed by atoms with Crippen LogP contribution in [0.5, 0.6) is 0 Å². The number of anilines is 1. The third-order valence-corrected chi connectivity index (χ3v) is 7.46. The lowest BCUT2D eigenvalue weighted by Gasteiger charge is -2.28. The van der Waals surface area contributed by atoms with E-state index in [4.69, 9.17) is 4.74 Å². The first kappa shape index (κ1) is 26.1. The summed E-state index contributed by atoms with van der Waals surface area (Å²) in [6.07, 6.45) is 0.911. The van der Waals surface area contributed by atoms with Crippen molar-refractivity contribution in [3.05, 3.63) is 64.5 Å². The van der Waals surface area contributed by atoms with Crippen molar-refractivity contribution in [2.45, 2.75) is 45.8 Å². The van der Waals surface area contributed by atoms with Crippen LogP contribution in [0, 0.1) is 19.8 Å². The van der Waals surface area contributed by atoms with Gasteiger partial charge in [0, 0.05) is 31.3 Å². The number of aromatic nitrogens is 3. The summed E-state index contributed by atoms with van der Waals surface area (Å²) in [7, 11) is 0. The molecule has 0 spiro atoms. The lowest BCUT2D eigenvalue weighted by Crippen LogP contribution is -2.39. The van der Waals surface area contributed by atoms with Crippen LogP contribution >= 0.6 is 0 Å². The Morgan fingerprint density at radius 2 is 2.05 bits per heavy atom. The Bertz CT molecular complexity index is 1400. The molecule has 1 unspecified atom stereocenters. The van der Waals surface area contributed by atoms with Crippen molar-refractivity contribution >= 4 is 28.2 Å². The molecule has 1 fully saturated rings. The predicted molar refractivity (Wildman–Crippen MR) is 138 cm³/mol. The summed E-state index contributed by atoms with van der Waals surface area (Å²) < 4.78 is 45.7. The van der Waals surface area contributed by atoms with Gasteiger partial charge in [-0.3, -0.25) is 9.78 Å². The highest BCUT2D eigenvalue weighted by atomic mass is 19.4. The van der Waals surface area contributed by atoms with Crippen LogP contribution in [0.25, 0.3) is 16.5 Å². The highest BCUT2D eigenvalue weighted by Crippen LogP contribution is 2.36. The average molecular weight is 526 g/mol. The van der Waals surface area contributed by atoms with E-state index in [0.29, 0.717) is 55.3 Å². The summed E-state index contributed by atoms with van der Waals surface area (Å²) in [4.78, 5) is 19.3. The number of hydrogen-bond acceptors (Lipinski definition) is 6. The number of nitrogens with one attached hydrogen (secondary N) is 1. The lowest BCUT2D eigenvalue weighted by molar-refractivity contribution is -0.138. The summed E-state index contributed by atoms with van der Waals surface area (Å²) in [6, 6.07) is 5.75. The minimum atomic E-state index is -4.42. The Balaban J connectivity index is 1.41. The molecular weight excluding hydrogens is 495 g/mol. The first-order valence-electron chi connectivity index (χ1n) is 12.8. The van der Waals surface area contributed by atoms with Crippen LogP contribution < -0.4 is 5.32 Å². The molecule has 1 saturated heterocycles. The number of fused-ring (bicyclic) bond motifs is 1. The van der Waals surface area contributed by atoms with Crippen molar-refractivity contribution in [1.29, 1.82) is 0 Å². The molecule has 2 aliphatic heterocycles. The number of carbonyl (C=O) groups is 1. The number of nitrogens with zero attached hydrogens (tertiary/aromatic N) is 4. The van der Waals surface area contributed by atoms with Gasteiger partial charge in [-0.05, 0) is 68.0 Å². The third kappa shape index (κ3) is 5.09. The zero-order chi connectivity index (χ0) is 27.0. The van der Waals surface area contributed by atoms with Gasteiger partial charge in [-0.2, -0.15) is 18.3 Å². The molecule has 200 valence electrons. The maximum atomic E-state index is 13.5. The van der Waals surface area contributed by atoms with Gasteiger partial charge in [0.15, 0.2) is 5.82 Å². The summed E-state index contributed by atoms with van der Waals surface area (Å²) in [5.74, 6) is 0.550. The second kappa shape index (κ2) is 10.3. The van der Waals surface area contributed by atoms with E-state index >= 15 is 0 Å². The van der Waals surface area contributed by atoms with E-state index in [0.717, 1.165) is 29.0 Å². The van der Waals surface area contributed by atoms with E-state index in [1.165, 1.54) is 13.0 Å². The standard InChI is InChI=1S/C28H30F3N5O2/c1-16-22(5-4-6-24(16)28(29,30)31)17(2)33-26-23-13-21(14-32-25(23)18(3)34-35-26)19-7-10-36(11-8-19)27(37)20-9-12-38-15-20/h4-7,13-14,17,20H,8-12,15H2,1-3H3,(H,33,35)/t17-,20?/m1/s1. The van der Waals surface area contributed by atoms with Crippen molar-refractivity contribution in [3.8, 4) is 0 Å². The molecule has 2 aliphatic rings. The van der Waals surface area contributed by atoms with Crippen molar-refractivity contribution < 1.29 is 22.7 Å². The quantitative estimate of drug-likeness (QED) is 0.475. The van der Waals surface area contributed by atoms with E-state index in [-0.39, 0.29) is 17.4 Å². The van der Waals surface area contributed by atoms with Crippen LogP contribution in [-0.2, 0) is 15.7 Å². The van der Waals surface area contributed by atoms with Gasteiger partial charge in [-0.15, -0.1) is 5.10 Å². The predicted octanol–water partition coefficient (Wildman–Crippen LogP) is 5.49. The molecule has 5 rings (SSSR count). The molecule has 2 aromatic heterocycles. The summed E-state index contributed by atoms with van der Waals surface area (Å²) in [5, 5.41) is 12.6. The summed E-state index contributed by atoms with van der Waals surface area (Å²) >= 11 is 0. The number of benzene rings is 1. The van der Waals surface area contributed by atoms with Crippen LogP contribution in [0.4, 0.5) is 19.0 Å². The average Bonchev–Trinajstić information content (AvgIpc) is 3.44. The SMILES string of the molecule is Cc1c([C@@H](C)Nc2nnc(C)c3ncc(C4=CCN(C(=O)C5CCOC5)CC4)cc23)cccc1C(F)(F)F. The van der Waals surface area contributed by atoms with Crippen molar-refractivity contribution in [3.63, 3.8) is 0 Å². The highest BCUT2D eigenvalue weighted by Gasteiger charge is 2.33. The highest BCUT2D eigenvalue weighted by molar-refractivity contribution is 5.92. The number of hydrogen-bond donors (Lipinski definition) is 1. The zero-order valence-electron chi connectivity index (χ0n) is 21.6. The fourth-order valence-electron chi connectivity index (χ4n) is 5.27. The topological polar surface area (TPSA) is 80.2 Å². The molecule has 0 saturated carbocycles.